The van der Waals surface area contributed by atoms with Gasteiger partial charge in [-0.1, -0.05) is 0 Å². The molecule has 0 aliphatic carbocycles. The van der Waals surface area contributed by atoms with Crippen LogP contribution in [0.25, 0.3) is 0 Å². The van der Waals surface area contributed by atoms with E-state index in [9.17, 15) is 25.9 Å². The zero-order valence-electron chi connectivity index (χ0n) is 5.20. The molecule has 0 radical (unpaired) electrons. The van der Waals surface area contributed by atoms with Gasteiger partial charge in [0, 0.05) is 29.5 Å². The van der Waals surface area contributed by atoms with E-state index in [1.54, 1.807) is 0 Å². The van der Waals surface area contributed by atoms with Gasteiger partial charge in [0.25, 0.3) is 0 Å². The summed E-state index contributed by atoms with van der Waals surface area (Å²) in [4.78, 5) is 0. The van der Waals surface area contributed by atoms with Crippen molar-refractivity contribution in [3.05, 3.63) is 0 Å². The summed E-state index contributed by atoms with van der Waals surface area (Å²) in [5.74, 6) is 0. The molecule has 0 fully saturated rings. The molecule has 0 N–H and O–H groups in total. The summed E-state index contributed by atoms with van der Waals surface area (Å²) >= 11 is 0. The molecule has 0 spiro atoms. The van der Waals surface area contributed by atoms with Crippen molar-refractivity contribution in [2.45, 2.75) is 0 Å². The molecule has 0 amide bonds. The SMILES string of the molecule is O=S(=O)([O-])SSSS(=O)(=O)[O-].[Zn+2]. The van der Waals surface area contributed by atoms with Crippen LogP contribution in [0, 0.1) is 0 Å². The maximum Gasteiger partial charge on any atom is 2.00 e. The van der Waals surface area contributed by atoms with Gasteiger partial charge in [-0.3, -0.25) is 0 Å². The van der Waals surface area contributed by atoms with E-state index >= 15 is 0 Å². The van der Waals surface area contributed by atoms with Crippen molar-refractivity contribution in [2.24, 2.45) is 0 Å². The Kier molecular flexibility index (Phi) is 8.06. The standard InChI is InChI=1S/H2O6S5.Zn/c1-10(2,3)8-7-9-11(4,5)6;/h(H,1,2,3)(H,4,5,6);/q;+2/p-2. The van der Waals surface area contributed by atoms with Crippen molar-refractivity contribution >= 4 is 47.8 Å². The normalized spacial score (nSPS) is 12.2. The maximum absolute atomic E-state index is 9.79. The monoisotopic (exact) mass is 320 g/mol. The minimum Gasteiger partial charge on any atom is -0.739 e. The average Bonchev–Trinajstić information content (AvgIpc) is 1.55. The summed E-state index contributed by atoms with van der Waals surface area (Å²) in [6.45, 7) is 0. The van der Waals surface area contributed by atoms with E-state index in [0.29, 0.717) is 0 Å². The number of hydrogen-bond donors (Lipinski definition) is 0. The first-order valence-corrected chi connectivity index (χ1v) is 9.00. The van der Waals surface area contributed by atoms with Crippen molar-refractivity contribution in [1.82, 2.24) is 0 Å². The van der Waals surface area contributed by atoms with Crippen LogP contribution in [0.3, 0.4) is 0 Å². The summed E-state index contributed by atoms with van der Waals surface area (Å²) in [5.41, 5.74) is 0. The molecule has 0 aromatic heterocycles. The molecule has 0 aliphatic rings. The third-order valence-corrected chi connectivity index (χ3v) is 9.00. The second-order valence-corrected chi connectivity index (χ2v) is 10.4. The molecule has 0 rings (SSSR count). The second kappa shape index (κ2) is 6.07. The van der Waals surface area contributed by atoms with Gasteiger partial charge < -0.3 is 9.11 Å². The van der Waals surface area contributed by atoms with Gasteiger partial charge in [-0.2, -0.15) is 0 Å². The molecule has 0 aromatic rings. The molecule has 68 valence electrons. The molecule has 0 aliphatic heterocycles. The Labute approximate surface area is 92.5 Å². The molecule has 12 heteroatoms. The second-order valence-electron chi connectivity index (χ2n) is 1.02. The predicted molar refractivity (Wildman–Crippen MR) is 42.2 cm³/mol. The first kappa shape index (κ1) is 15.9. The molecule has 0 heterocycles. The van der Waals surface area contributed by atoms with E-state index in [2.05, 4.69) is 0 Å². The van der Waals surface area contributed by atoms with Crippen LogP contribution in [0.1, 0.15) is 0 Å². The fraction of sp³-hybridized carbons (Fsp3) is 0. The first-order chi connectivity index (χ1) is 4.71. The summed E-state index contributed by atoms with van der Waals surface area (Å²) in [5, 5.41) is 0. The number of rotatable bonds is 4. The van der Waals surface area contributed by atoms with Crippen LogP contribution in [-0.4, -0.2) is 25.9 Å². The van der Waals surface area contributed by atoms with E-state index in [1.165, 1.54) is 0 Å². The summed E-state index contributed by atoms with van der Waals surface area (Å²) < 4.78 is 58.8. The van der Waals surface area contributed by atoms with Crippen molar-refractivity contribution in [2.75, 3.05) is 0 Å². The van der Waals surface area contributed by atoms with Gasteiger partial charge in [-0.25, -0.2) is 16.8 Å². The third kappa shape index (κ3) is 14.0. The van der Waals surface area contributed by atoms with Crippen LogP contribution in [0.2, 0.25) is 0 Å². The Hall–Kier alpha value is 1.49. The third-order valence-electron chi connectivity index (χ3n) is 0.222. The summed E-state index contributed by atoms with van der Waals surface area (Å²) in [7, 11) is -9.43. The van der Waals surface area contributed by atoms with Crippen LogP contribution in [0.5, 0.6) is 0 Å². The van der Waals surface area contributed by atoms with Crippen LogP contribution in [0.4, 0.5) is 0 Å². The maximum atomic E-state index is 9.79. The number of hydrogen-bond acceptors (Lipinski definition) is 9. The van der Waals surface area contributed by atoms with Gasteiger partial charge in [0.15, 0.2) is 18.3 Å². The van der Waals surface area contributed by atoms with E-state index in [-0.39, 0.29) is 49.0 Å². The van der Waals surface area contributed by atoms with Gasteiger partial charge in [-0.05, 0) is 0 Å². The molecular weight excluding hydrogens is 322 g/mol. The van der Waals surface area contributed by atoms with E-state index in [1.807, 2.05) is 0 Å². The Morgan fingerprint density at radius 2 is 1.08 bits per heavy atom. The molecule has 0 saturated heterocycles. The largest absolute Gasteiger partial charge is 2.00 e. The molecular formula is O6S5Zn. The topological polar surface area (TPSA) is 114 Å². The summed E-state index contributed by atoms with van der Waals surface area (Å²) in [6.07, 6.45) is 0. The van der Waals surface area contributed by atoms with Gasteiger partial charge in [0.05, 0.1) is 0 Å². The Morgan fingerprint density at radius 1 is 0.833 bits per heavy atom. The van der Waals surface area contributed by atoms with Gasteiger partial charge >= 0.3 is 19.5 Å². The molecule has 12 heavy (non-hydrogen) atoms. The van der Waals surface area contributed by atoms with Crippen LogP contribution < -0.4 is 0 Å². The van der Waals surface area contributed by atoms with E-state index < -0.39 is 18.3 Å². The van der Waals surface area contributed by atoms with E-state index in [0.717, 1.165) is 0 Å². The first-order valence-electron chi connectivity index (χ1n) is 1.67. The zero-order valence-corrected chi connectivity index (χ0v) is 12.2. The van der Waals surface area contributed by atoms with Crippen LogP contribution in [0.15, 0.2) is 0 Å². The van der Waals surface area contributed by atoms with Crippen LogP contribution >= 0.6 is 29.5 Å². The molecule has 0 atom stereocenters. The Bertz CT molecular complexity index is 265. The quantitative estimate of drug-likeness (QED) is 0.398. The van der Waals surface area contributed by atoms with E-state index in [4.69, 9.17) is 0 Å². The average molecular weight is 322 g/mol. The Morgan fingerprint density at radius 3 is 1.25 bits per heavy atom. The van der Waals surface area contributed by atoms with Crippen molar-refractivity contribution in [3.8, 4) is 0 Å². The predicted octanol–water partition coefficient (Wildman–Crippen LogP) is -0.0661. The molecule has 0 saturated carbocycles. The van der Waals surface area contributed by atoms with Crippen molar-refractivity contribution in [1.29, 1.82) is 0 Å². The fourth-order valence-corrected chi connectivity index (χ4v) is 8.27. The minimum absolute atomic E-state index is 0. The van der Waals surface area contributed by atoms with Gasteiger partial charge in [0.2, 0.25) is 0 Å². The zero-order chi connectivity index (χ0) is 9.12. The minimum atomic E-state index is -4.54. The Balaban J connectivity index is 0. The summed E-state index contributed by atoms with van der Waals surface area (Å²) in [6, 6.07) is 0. The fourth-order valence-electron chi connectivity index (χ4n) is 0.0794. The van der Waals surface area contributed by atoms with Crippen molar-refractivity contribution < 1.29 is 45.4 Å². The van der Waals surface area contributed by atoms with Gasteiger partial charge in [0.1, 0.15) is 0 Å². The molecule has 0 aromatic carbocycles. The molecule has 6 nitrogen and oxygen atoms in total. The molecule has 0 bridgehead atoms. The smallest absolute Gasteiger partial charge is 0.739 e. The van der Waals surface area contributed by atoms with Gasteiger partial charge in [-0.15, -0.1) is 0 Å². The molecule has 0 unspecified atom stereocenters. The van der Waals surface area contributed by atoms with Crippen LogP contribution in [-0.2, 0) is 37.8 Å². The van der Waals surface area contributed by atoms with Crippen molar-refractivity contribution in [3.63, 3.8) is 0 Å².